The number of piperidine rings is 1. The predicted octanol–water partition coefficient (Wildman–Crippen LogP) is 4.05. The smallest absolute Gasteiger partial charge is 0.165 e. The molecule has 1 saturated heterocycles. The molecule has 4 nitrogen and oxygen atoms in total. The number of rotatable bonds is 3. The Hall–Kier alpha value is -2.04. The van der Waals surface area contributed by atoms with Crippen LogP contribution in [0.15, 0.2) is 36.4 Å². The maximum atomic E-state index is 10.6. The summed E-state index contributed by atoms with van der Waals surface area (Å²) in [4.78, 5) is 5.08. The fraction of sp³-hybridized carbons (Fsp3) is 0.478. The topological polar surface area (TPSA) is 35.9 Å². The van der Waals surface area contributed by atoms with Crippen LogP contribution in [0.1, 0.15) is 30.9 Å². The molecular weight excluding hydrogens is 336 g/mol. The minimum atomic E-state index is 0.258. The number of likely N-dealkylation sites (tertiary alicyclic amines) is 1. The molecule has 1 N–H and O–H groups in total. The molecule has 0 radical (unpaired) electrons. The Kier molecular flexibility index (Phi) is 5.37. The summed E-state index contributed by atoms with van der Waals surface area (Å²) in [6.07, 6.45) is 2.43. The molecule has 2 heterocycles. The lowest BCUT2D eigenvalue weighted by atomic mass is 9.97. The summed E-state index contributed by atoms with van der Waals surface area (Å²) in [5, 5.41) is 10.6. The summed E-state index contributed by atoms with van der Waals surface area (Å²) in [5.41, 5.74) is 4.55. The van der Waals surface area contributed by atoms with Gasteiger partial charge in [-0.15, -0.1) is 0 Å². The minimum absolute atomic E-state index is 0.258. The maximum Gasteiger partial charge on any atom is 0.165 e. The van der Waals surface area contributed by atoms with Crippen molar-refractivity contribution < 1.29 is 9.84 Å². The number of phenolic OH excluding ortho intramolecular Hbond substituents is 1. The van der Waals surface area contributed by atoms with Crippen LogP contribution in [0.2, 0.25) is 0 Å². The lowest BCUT2D eigenvalue weighted by molar-refractivity contribution is 0.0993. The molecule has 2 aliphatic rings. The summed E-state index contributed by atoms with van der Waals surface area (Å²) < 4.78 is 5.96. The fourth-order valence-corrected chi connectivity index (χ4v) is 4.48. The van der Waals surface area contributed by atoms with Crippen molar-refractivity contribution in [2.45, 2.75) is 39.3 Å². The molecule has 0 saturated carbocycles. The van der Waals surface area contributed by atoms with Gasteiger partial charge in [0.1, 0.15) is 6.61 Å². The highest BCUT2D eigenvalue weighted by atomic mass is 16.5. The number of nitrogens with zero attached hydrogens (tertiary/aromatic N) is 2. The first-order chi connectivity index (χ1) is 13.2. The van der Waals surface area contributed by atoms with Crippen molar-refractivity contribution >= 4 is 0 Å². The molecule has 2 aromatic carbocycles. The highest BCUT2D eigenvalue weighted by molar-refractivity contribution is 5.71. The molecule has 0 amide bonds. The third-order valence-corrected chi connectivity index (χ3v) is 6.12. The van der Waals surface area contributed by atoms with Gasteiger partial charge in [0.05, 0.1) is 0 Å². The van der Waals surface area contributed by atoms with Gasteiger partial charge in [-0.25, -0.2) is 0 Å². The molecule has 144 valence electrons. The van der Waals surface area contributed by atoms with E-state index in [0.29, 0.717) is 18.4 Å². The summed E-state index contributed by atoms with van der Waals surface area (Å²) >= 11 is 0. The predicted molar refractivity (Wildman–Crippen MR) is 109 cm³/mol. The van der Waals surface area contributed by atoms with Crippen molar-refractivity contribution in [2.75, 3.05) is 32.8 Å². The zero-order valence-corrected chi connectivity index (χ0v) is 16.4. The number of ether oxygens (including phenoxy) is 1. The normalized spacial score (nSPS) is 19.3. The Labute approximate surface area is 162 Å². The molecule has 0 atom stereocenters. The van der Waals surface area contributed by atoms with Gasteiger partial charge in [-0.3, -0.25) is 4.90 Å². The van der Waals surface area contributed by atoms with E-state index in [1.165, 1.54) is 37.1 Å². The van der Waals surface area contributed by atoms with E-state index in [1.807, 2.05) is 6.07 Å². The van der Waals surface area contributed by atoms with E-state index in [2.05, 4.69) is 54.0 Å². The SMILES string of the molecule is CCN1CCC(N2CCOc3c(O)cc(-c4ccccc4C)cc3C2)CC1. The van der Waals surface area contributed by atoms with Crippen molar-refractivity contribution in [1.82, 2.24) is 9.80 Å². The Morgan fingerprint density at radius 3 is 2.63 bits per heavy atom. The molecule has 0 bridgehead atoms. The zero-order valence-electron chi connectivity index (χ0n) is 16.4. The summed E-state index contributed by atoms with van der Waals surface area (Å²) in [6, 6.07) is 13.0. The average Bonchev–Trinajstić information content (AvgIpc) is 2.91. The largest absolute Gasteiger partial charge is 0.504 e. The zero-order chi connectivity index (χ0) is 18.8. The van der Waals surface area contributed by atoms with Gasteiger partial charge in [0.15, 0.2) is 11.5 Å². The Bertz CT molecular complexity index is 797. The van der Waals surface area contributed by atoms with E-state index in [4.69, 9.17) is 4.74 Å². The van der Waals surface area contributed by atoms with Gasteiger partial charge in [-0.1, -0.05) is 31.2 Å². The summed E-state index contributed by atoms with van der Waals surface area (Å²) in [5.74, 6) is 0.925. The molecule has 1 fully saturated rings. The molecule has 0 aromatic heterocycles. The first-order valence-electron chi connectivity index (χ1n) is 10.2. The van der Waals surface area contributed by atoms with Crippen LogP contribution < -0.4 is 4.74 Å². The highest BCUT2D eigenvalue weighted by Crippen LogP contribution is 2.39. The van der Waals surface area contributed by atoms with Gasteiger partial charge in [-0.2, -0.15) is 0 Å². The van der Waals surface area contributed by atoms with Gasteiger partial charge < -0.3 is 14.7 Å². The van der Waals surface area contributed by atoms with Crippen LogP contribution in [0, 0.1) is 6.92 Å². The van der Waals surface area contributed by atoms with Gasteiger partial charge in [-0.05, 0) is 68.2 Å². The number of aryl methyl sites for hydroxylation is 1. The lowest BCUT2D eigenvalue weighted by Crippen LogP contribution is -2.45. The Morgan fingerprint density at radius 1 is 1.11 bits per heavy atom. The van der Waals surface area contributed by atoms with E-state index in [1.54, 1.807) is 0 Å². The maximum absolute atomic E-state index is 10.6. The van der Waals surface area contributed by atoms with Crippen molar-refractivity contribution in [2.24, 2.45) is 0 Å². The van der Waals surface area contributed by atoms with Gasteiger partial charge in [0, 0.05) is 24.7 Å². The quantitative estimate of drug-likeness (QED) is 0.889. The van der Waals surface area contributed by atoms with Crippen molar-refractivity contribution in [3.05, 3.63) is 47.5 Å². The van der Waals surface area contributed by atoms with Crippen LogP contribution >= 0.6 is 0 Å². The molecule has 2 aromatic rings. The van der Waals surface area contributed by atoms with Crippen LogP contribution in [-0.2, 0) is 6.54 Å². The highest BCUT2D eigenvalue weighted by Gasteiger charge is 2.27. The Morgan fingerprint density at radius 2 is 1.89 bits per heavy atom. The molecule has 4 rings (SSSR count). The van der Waals surface area contributed by atoms with Crippen molar-refractivity contribution in [3.63, 3.8) is 0 Å². The van der Waals surface area contributed by atoms with Crippen LogP contribution in [0.3, 0.4) is 0 Å². The van der Waals surface area contributed by atoms with Crippen LogP contribution in [0.4, 0.5) is 0 Å². The van der Waals surface area contributed by atoms with Crippen molar-refractivity contribution in [1.29, 1.82) is 0 Å². The standard InChI is InChI=1S/C23H30N2O2/c1-3-24-10-8-20(9-11-24)25-12-13-27-23-19(16-25)14-18(15-22(23)26)21-7-5-4-6-17(21)2/h4-7,14-15,20,26H,3,8-13,16H2,1-2H3. The molecule has 0 aliphatic carbocycles. The summed E-state index contributed by atoms with van der Waals surface area (Å²) in [7, 11) is 0. The number of phenols is 1. The van der Waals surface area contributed by atoms with E-state index in [-0.39, 0.29) is 5.75 Å². The molecule has 4 heteroatoms. The van der Waals surface area contributed by atoms with Crippen LogP contribution in [0.25, 0.3) is 11.1 Å². The minimum Gasteiger partial charge on any atom is -0.504 e. The third-order valence-electron chi connectivity index (χ3n) is 6.12. The van der Waals surface area contributed by atoms with E-state index >= 15 is 0 Å². The van der Waals surface area contributed by atoms with Crippen LogP contribution in [0.5, 0.6) is 11.5 Å². The van der Waals surface area contributed by atoms with Crippen molar-refractivity contribution in [3.8, 4) is 22.6 Å². The van der Waals surface area contributed by atoms with Gasteiger partial charge in [0.25, 0.3) is 0 Å². The molecule has 0 spiro atoms. The van der Waals surface area contributed by atoms with E-state index < -0.39 is 0 Å². The fourth-order valence-electron chi connectivity index (χ4n) is 4.48. The van der Waals surface area contributed by atoms with Crippen LogP contribution in [-0.4, -0.2) is 53.7 Å². The molecule has 2 aliphatic heterocycles. The second-order valence-electron chi connectivity index (χ2n) is 7.78. The molecule has 27 heavy (non-hydrogen) atoms. The average molecular weight is 367 g/mol. The monoisotopic (exact) mass is 366 g/mol. The second-order valence-corrected chi connectivity index (χ2v) is 7.78. The van der Waals surface area contributed by atoms with Gasteiger partial charge >= 0.3 is 0 Å². The summed E-state index contributed by atoms with van der Waals surface area (Å²) in [6.45, 7) is 10.3. The number of hydrogen-bond acceptors (Lipinski definition) is 4. The lowest BCUT2D eigenvalue weighted by Gasteiger charge is -2.37. The molecule has 0 unspecified atom stereocenters. The van der Waals surface area contributed by atoms with E-state index in [0.717, 1.165) is 30.8 Å². The number of hydrogen-bond donors (Lipinski definition) is 1. The first-order valence-corrected chi connectivity index (χ1v) is 10.2. The van der Waals surface area contributed by atoms with E-state index in [9.17, 15) is 5.11 Å². The molecular formula is C23H30N2O2. The second kappa shape index (κ2) is 7.91. The first kappa shape index (κ1) is 18.3. The number of benzene rings is 2. The number of aromatic hydroxyl groups is 1. The number of fused-ring (bicyclic) bond motifs is 1. The Balaban J connectivity index is 1.61. The van der Waals surface area contributed by atoms with Gasteiger partial charge in [0.2, 0.25) is 0 Å². The third kappa shape index (κ3) is 3.83.